The Morgan fingerprint density at radius 3 is 2.09 bits per heavy atom. The van der Waals surface area contributed by atoms with Gasteiger partial charge in [0.2, 0.25) is 17.5 Å². The lowest BCUT2D eigenvalue weighted by Gasteiger charge is -2.16. The van der Waals surface area contributed by atoms with E-state index in [0.29, 0.717) is 48.6 Å². The minimum atomic E-state index is -0.237. The lowest BCUT2D eigenvalue weighted by Crippen LogP contribution is -2.14. The molecule has 3 aromatic rings. The number of carbonyl (C=O) groups is 1. The van der Waals surface area contributed by atoms with Crippen LogP contribution in [-0.2, 0) is 11.2 Å². The van der Waals surface area contributed by atoms with Crippen LogP contribution in [-0.4, -0.2) is 35.9 Å². The van der Waals surface area contributed by atoms with E-state index in [1.807, 2.05) is 45.0 Å². The molecule has 0 unspecified atom stereocenters. The lowest BCUT2D eigenvalue weighted by molar-refractivity contribution is -0.115. The number of carbonyl (C=O) groups excluding carboxylic acids is 1. The Morgan fingerprint density at radius 1 is 0.939 bits per heavy atom. The topological polar surface area (TPSA) is 95.7 Å². The highest BCUT2D eigenvalue weighted by Gasteiger charge is 2.19. The molecule has 0 fully saturated rings. The van der Waals surface area contributed by atoms with Crippen LogP contribution in [0.4, 0.5) is 6.01 Å². The Hall–Kier alpha value is -3.55. The Labute approximate surface area is 194 Å². The number of nitrogens with one attached hydrogen (secondary N) is 1. The summed E-state index contributed by atoms with van der Waals surface area (Å²) < 4.78 is 22.9. The van der Waals surface area contributed by atoms with Gasteiger partial charge in [0, 0.05) is 5.56 Å². The molecule has 1 heterocycles. The maximum absolute atomic E-state index is 12.4. The quantitative estimate of drug-likeness (QED) is 0.424. The van der Waals surface area contributed by atoms with Crippen LogP contribution in [0.3, 0.4) is 0 Å². The summed E-state index contributed by atoms with van der Waals surface area (Å²) in [7, 11) is 0. The smallest absolute Gasteiger partial charge is 0.322 e. The van der Waals surface area contributed by atoms with Gasteiger partial charge in [0.1, 0.15) is 0 Å². The van der Waals surface area contributed by atoms with Crippen LogP contribution in [0.25, 0.3) is 11.5 Å². The second kappa shape index (κ2) is 11.4. The van der Waals surface area contributed by atoms with Gasteiger partial charge in [-0.3, -0.25) is 10.1 Å². The van der Waals surface area contributed by atoms with E-state index in [4.69, 9.17) is 18.6 Å². The molecule has 0 saturated heterocycles. The Kier molecular flexibility index (Phi) is 8.29. The van der Waals surface area contributed by atoms with E-state index >= 15 is 0 Å². The van der Waals surface area contributed by atoms with Crippen molar-refractivity contribution in [1.82, 2.24) is 10.2 Å². The molecule has 0 bridgehead atoms. The number of benzene rings is 2. The number of ether oxygens (including phenoxy) is 3. The van der Waals surface area contributed by atoms with Crippen molar-refractivity contribution in [2.75, 3.05) is 25.1 Å². The molecule has 0 aliphatic heterocycles. The fourth-order valence-electron chi connectivity index (χ4n) is 3.27. The molecule has 0 radical (unpaired) electrons. The highest BCUT2D eigenvalue weighted by Crippen LogP contribution is 2.41. The van der Waals surface area contributed by atoms with Crippen molar-refractivity contribution in [3.63, 3.8) is 0 Å². The van der Waals surface area contributed by atoms with Gasteiger partial charge in [-0.15, -0.1) is 5.10 Å². The van der Waals surface area contributed by atoms with E-state index in [1.165, 1.54) is 5.56 Å². The van der Waals surface area contributed by atoms with Gasteiger partial charge in [-0.25, -0.2) is 0 Å². The minimum absolute atomic E-state index is 0.0265. The van der Waals surface area contributed by atoms with Gasteiger partial charge < -0.3 is 18.6 Å². The summed E-state index contributed by atoms with van der Waals surface area (Å²) in [6.45, 7) is 11.3. The van der Waals surface area contributed by atoms with E-state index in [2.05, 4.69) is 29.4 Å². The number of aromatic nitrogens is 2. The molecule has 0 saturated carbocycles. The fraction of sp³-hybridized carbons (Fsp3) is 0.400. The molecule has 0 spiro atoms. The highest BCUT2D eigenvalue weighted by atomic mass is 16.5. The summed E-state index contributed by atoms with van der Waals surface area (Å²) in [5.74, 6) is 2.01. The maximum Gasteiger partial charge on any atom is 0.322 e. The van der Waals surface area contributed by atoms with Crippen LogP contribution in [0.15, 0.2) is 40.8 Å². The average molecular weight is 454 g/mol. The molecule has 0 atom stereocenters. The largest absolute Gasteiger partial charge is 0.490 e. The summed E-state index contributed by atoms with van der Waals surface area (Å²) in [6.07, 6.45) is 0.210. The molecule has 8 heteroatoms. The van der Waals surface area contributed by atoms with Gasteiger partial charge in [0.05, 0.1) is 26.2 Å². The predicted octanol–water partition coefficient (Wildman–Crippen LogP) is 5.24. The normalized spacial score (nSPS) is 10.8. The lowest BCUT2D eigenvalue weighted by atomic mass is 10.0. The van der Waals surface area contributed by atoms with Gasteiger partial charge >= 0.3 is 6.01 Å². The van der Waals surface area contributed by atoms with E-state index in [0.717, 1.165) is 5.56 Å². The minimum Gasteiger partial charge on any atom is -0.490 e. The van der Waals surface area contributed by atoms with Gasteiger partial charge in [-0.2, -0.15) is 0 Å². The van der Waals surface area contributed by atoms with E-state index in [-0.39, 0.29) is 24.2 Å². The zero-order valence-electron chi connectivity index (χ0n) is 19.8. The Morgan fingerprint density at radius 2 is 1.55 bits per heavy atom. The summed E-state index contributed by atoms with van der Waals surface area (Å²) in [5, 5.41) is 10.7. The monoisotopic (exact) mass is 453 g/mol. The fourth-order valence-corrected chi connectivity index (χ4v) is 3.27. The van der Waals surface area contributed by atoms with Crippen molar-refractivity contribution in [3.8, 4) is 28.7 Å². The van der Waals surface area contributed by atoms with E-state index < -0.39 is 0 Å². The molecule has 1 N–H and O–H groups in total. The zero-order chi connectivity index (χ0) is 23.8. The number of hydrogen-bond donors (Lipinski definition) is 1. The first-order chi connectivity index (χ1) is 15.9. The summed E-state index contributed by atoms with van der Waals surface area (Å²) in [5.41, 5.74) is 2.74. The van der Waals surface area contributed by atoms with Gasteiger partial charge in [-0.1, -0.05) is 43.2 Å². The first-order valence-corrected chi connectivity index (χ1v) is 11.2. The van der Waals surface area contributed by atoms with Crippen molar-refractivity contribution >= 4 is 11.9 Å². The van der Waals surface area contributed by atoms with Gasteiger partial charge in [-0.05, 0) is 49.9 Å². The van der Waals surface area contributed by atoms with Crippen LogP contribution in [0, 0.1) is 0 Å². The highest BCUT2D eigenvalue weighted by molar-refractivity contribution is 5.90. The van der Waals surface area contributed by atoms with Crippen LogP contribution >= 0.6 is 0 Å². The van der Waals surface area contributed by atoms with E-state index in [9.17, 15) is 4.79 Å². The third kappa shape index (κ3) is 6.25. The molecular formula is C25H31N3O5. The molecule has 0 aliphatic carbocycles. The molecule has 2 aromatic carbocycles. The van der Waals surface area contributed by atoms with Crippen molar-refractivity contribution in [2.24, 2.45) is 0 Å². The summed E-state index contributed by atoms with van der Waals surface area (Å²) >= 11 is 0. The van der Waals surface area contributed by atoms with Crippen LogP contribution in [0.5, 0.6) is 17.2 Å². The third-order valence-corrected chi connectivity index (χ3v) is 4.84. The Bertz CT molecular complexity index is 1030. The number of hydrogen-bond acceptors (Lipinski definition) is 7. The second-order valence-electron chi connectivity index (χ2n) is 7.63. The van der Waals surface area contributed by atoms with Crippen molar-refractivity contribution < 1.29 is 23.4 Å². The SMILES string of the molecule is CCOc1cc(-c2nnc(NC(=O)Cc3ccc(C(C)C)cc3)o2)cc(OCC)c1OCC. The standard InChI is InChI=1S/C25H31N3O5/c1-6-30-20-14-19(15-21(31-7-2)23(20)32-8-3)24-27-28-25(33-24)26-22(29)13-17-9-11-18(12-10-17)16(4)5/h9-12,14-16H,6-8,13H2,1-5H3,(H,26,28,29). The number of nitrogens with zero attached hydrogens (tertiary/aromatic N) is 2. The molecule has 0 aliphatic rings. The van der Waals surface area contributed by atoms with Crippen LogP contribution in [0.1, 0.15) is 51.7 Å². The van der Waals surface area contributed by atoms with Gasteiger partial charge in [0.25, 0.3) is 0 Å². The van der Waals surface area contributed by atoms with Gasteiger partial charge in [0.15, 0.2) is 11.5 Å². The maximum atomic E-state index is 12.4. The Balaban J connectivity index is 1.76. The number of anilines is 1. The molecule has 3 rings (SSSR count). The van der Waals surface area contributed by atoms with Crippen LogP contribution < -0.4 is 19.5 Å². The molecule has 33 heavy (non-hydrogen) atoms. The van der Waals surface area contributed by atoms with Crippen molar-refractivity contribution in [3.05, 3.63) is 47.5 Å². The molecule has 176 valence electrons. The summed E-state index contributed by atoms with van der Waals surface area (Å²) in [4.78, 5) is 12.4. The third-order valence-electron chi connectivity index (χ3n) is 4.84. The zero-order valence-corrected chi connectivity index (χ0v) is 19.8. The summed E-state index contributed by atoms with van der Waals surface area (Å²) in [6, 6.07) is 11.5. The second-order valence-corrected chi connectivity index (χ2v) is 7.63. The first-order valence-electron chi connectivity index (χ1n) is 11.2. The average Bonchev–Trinajstić information content (AvgIpc) is 3.24. The van der Waals surface area contributed by atoms with Crippen molar-refractivity contribution in [2.45, 2.75) is 47.0 Å². The molecule has 1 amide bonds. The van der Waals surface area contributed by atoms with Crippen LogP contribution in [0.2, 0.25) is 0 Å². The van der Waals surface area contributed by atoms with E-state index in [1.54, 1.807) is 12.1 Å². The predicted molar refractivity (Wildman–Crippen MR) is 126 cm³/mol. The molecule has 1 aromatic heterocycles. The molecule has 8 nitrogen and oxygen atoms in total. The molecular weight excluding hydrogens is 422 g/mol. The first kappa shape index (κ1) is 24.1. The van der Waals surface area contributed by atoms with Crippen molar-refractivity contribution in [1.29, 1.82) is 0 Å². The number of amides is 1. The number of rotatable bonds is 11.